The molecule has 0 amide bonds. The first-order valence-corrected chi connectivity index (χ1v) is 8.46. The molecule has 1 aromatic heterocycles. The fourth-order valence-electron chi connectivity index (χ4n) is 3.32. The molecule has 4 rings (SSSR count). The minimum absolute atomic E-state index is 0.170. The smallest absolute Gasteiger partial charge is 0.123 e. The van der Waals surface area contributed by atoms with Crippen LogP contribution in [0.5, 0.6) is 5.75 Å². The van der Waals surface area contributed by atoms with Crippen molar-refractivity contribution >= 4 is 10.9 Å². The molecule has 0 bridgehead atoms. The lowest BCUT2D eigenvalue weighted by atomic mass is 10.1. The third kappa shape index (κ3) is 3.29. The number of para-hydroxylation sites is 1. The summed E-state index contributed by atoms with van der Waals surface area (Å²) >= 11 is 0. The van der Waals surface area contributed by atoms with E-state index in [2.05, 4.69) is 10.3 Å². The topological polar surface area (TPSA) is 37.0 Å². The molecule has 1 heterocycles. The van der Waals surface area contributed by atoms with Crippen molar-refractivity contribution in [2.75, 3.05) is 19.7 Å². The van der Waals surface area contributed by atoms with E-state index in [0.717, 1.165) is 36.2 Å². The lowest BCUT2D eigenvalue weighted by Gasteiger charge is -2.07. The molecule has 3 aromatic rings. The van der Waals surface area contributed by atoms with Crippen LogP contribution in [0.4, 0.5) is 4.39 Å². The summed E-state index contributed by atoms with van der Waals surface area (Å²) in [6, 6.07) is 14.8. The van der Waals surface area contributed by atoms with E-state index in [1.165, 1.54) is 11.6 Å². The number of hydrogen-bond acceptors (Lipinski definition) is 2. The highest BCUT2D eigenvalue weighted by molar-refractivity contribution is 5.84. The maximum Gasteiger partial charge on any atom is 0.123 e. The highest BCUT2D eigenvalue weighted by Crippen LogP contribution is 2.49. The zero-order chi connectivity index (χ0) is 16.4. The SMILES string of the molecule is Fc1ccc2[nH]cc(C3CC3CNCCOc3ccccc3)c2c1. The van der Waals surface area contributed by atoms with Crippen LogP contribution in [0.1, 0.15) is 17.9 Å². The Labute approximate surface area is 140 Å². The van der Waals surface area contributed by atoms with Gasteiger partial charge in [-0.25, -0.2) is 4.39 Å². The molecule has 2 unspecified atom stereocenters. The van der Waals surface area contributed by atoms with Crippen molar-refractivity contribution in [1.82, 2.24) is 10.3 Å². The summed E-state index contributed by atoms with van der Waals surface area (Å²) in [6.07, 6.45) is 3.20. The van der Waals surface area contributed by atoms with Gasteiger partial charge in [0.1, 0.15) is 18.2 Å². The highest BCUT2D eigenvalue weighted by atomic mass is 19.1. The van der Waals surface area contributed by atoms with E-state index in [1.807, 2.05) is 42.6 Å². The van der Waals surface area contributed by atoms with Crippen LogP contribution in [0.15, 0.2) is 54.7 Å². The molecule has 0 radical (unpaired) electrons. The first kappa shape index (κ1) is 15.2. The Morgan fingerprint density at radius 2 is 2.04 bits per heavy atom. The Kier molecular flexibility index (Phi) is 4.22. The van der Waals surface area contributed by atoms with E-state index < -0.39 is 0 Å². The van der Waals surface area contributed by atoms with Gasteiger partial charge in [0.2, 0.25) is 0 Å². The number of nitrogens with one attached hydrogen (secondary N) is 2. The number of rotatable bonds is 7. The van der Waals surface area contributed by atoms with Gasteiger partial charge in [0.15, 0.2) is 0 Å². The molecule has 1 saturated carbocycles. The first-order chi connectivity index (χ1) is 11.8. The fraction of sp³-hybridized carbons (Fsp3) is 0.300. The number of aromatic nitrogens is 1. The zero-order valence-corrected chi connectivity index (χ0v) is 13.5. The van der Waals surface area contributed by atoms with E-state index in [4.69, 9.17) is 4.74 Å². The van der Waals surface area contributed by atoms with E-state index >= 15 is 0 Å². The van der Waals surface area contributed by atoms with E-state index in [9.17, 15) is 4.39 Å². The van der Waals surface area contributed by atoms with Crippen molar-refractivity contribution in [2.24, 2.45) is 5.92 Å². The van der Waals surface area contributed by atoms with Crippen LogP contribution in [0.2, 0.25) is 0 Å². The van der Waals surface area contributed by atoms with Gasteiger partial charge in [0, 0.05) is 23.6 Å². The molecule has 0 aliphatic heterocycles. The fourth-order valence-corrected chi connectivity index (χ4v) is 3.32. The number of fused-ring (bicyclic) bond motifs is 1. The Morgan fingerprint density at radius 3 is 2.92 bits per heavy atom. The lowest BCUT2D eigenvalue weighted by molar-refractivity contribution is 0.313. The summed E-state index contributed by atoms with van der Waals surface area (Å²) < 4.78 is 19.1. The van der Waals surface area contributed by atoms with Crippen LogP contribution in [0, 0.1) is 11.7 Å². The molecule has 4 heteroatoms. The third-order valence-corrected chi connectivity index (χ3v) is 4.70. The van der Waals surface area contributed by atoms with Crippen LogP contribution in [0.25, 0.3) is 10.9 Å². The van der Waals surface area contributed by atoms with Crippen molar-refractivity contribution in [3.63, 3.8) is 0 Å². The van der Waals surface area contributed by atoms with Gasteiger partial charge in [-0.3, -0.25) is 0 Å². The molecule has 1 aliphatic carbocycles. The summed E-state index contributed by atoms with van der Waals surface area (Å²) in [4.78, 5) is 3.24. The van der Waals surface area contributed by atoms with Crippen LogP contribution < -0.4 is 10.1 Å². The maximum absolute atomic E-state index is 13.5. The van der Waals surface area contributed by atoms with Crippen LogP contribution >= 0.6 is 0 Å². The van der Waals surface area contributed by atoms with Crippen molar-refractivity contribution in [2.45, 2.75) is 12.3 Å². The number of benzene rings is 2. The van der Waals surface area contributed by atoms with Gasteiger partial charge in [-0.2, -0.15) is 0 Å². The average Bonchev–Trinajstić information content (AvgIpc) is 3.25. The van der Waals surface area contributed by atoms with Gasteiger partial charge in [0.25, 0.3) is 0 Å². The average molecular weight is 324 g/mol. The molecular weight excluding hydrogens is 303 g/mol. The second kappa shape index (κ2) is 6.65. The standard InChI is InChI=1S/C20H21FN2O/c21-15-6-7-20-18(11-15)19(13-23-20)17-10-14(17)12-22-8-9-24-16-4-2-1-3-5-16/h1-7,11,13-14,17,22-23H,8-10,12H2. The molecule has 2 aromatic carbocycles. The molecule has 2 N–H and O–H groups in total. The van der Waals surface area contributed by atoms with Gasteiger partial charge in [-0.1, -0.05) is 18.2 Å². The van der Waals surface area contributed by atoms with Crippen LogP contribution in [0.3, 0.4) is 0 Å². The molecular formula is C20H21FN2O. The van der Waals surface area contributed by atoms with Crippen molar-refractivity contribution < 1.29 is 9.13 Å². The molecule has 2 atom stereocenters. The Bertz CT molecular complexity index is 815. The van der Waals surface area contributed by atoms with Gasteiger partial charge < -0.3 is 15.0 Å². The normalized spacial score (nSPS) is 19.5. The van der Waals surface area contributed by atoms with Crippen molar-refractivity contribution in [3.8, 4) is 5.75 Å². The highest BCUT2D eigenvalue weighted by Gasteiger charge is 2.39. The van der Waals surface area contributed by atoms with Gasteiger partial charge >= 0.3 is 0 Å². The van der Waals surface area contributed by atoms with Gasteiger partial charge in [-0.05, 0) is 60.7 Å². The zero-order valence-electron chi connectivity index (χ0n) is 13.5. The van der Waals surface area contributed by atoms with Crippen molar-refractivity contribution in [1.29, 1.82) is 0 Å². The maximum atomic E-state index is 13.5. The molecule has 1 fully saturated rings. The second-order valence-electron chi connectivity index (χ2n) is 6.40. The van der Waals surface area contributed by atoms with E-state index in [1.54, 1.807) is 6.07 Å². The summed E-state index contributed by atoms with van der Waals surface area (Å²) in [6.45, 7) is 2.48. The molecule has 124 valence electrons. The minimum Gasteiger partial charge on any atom is -0.492 e. The summed E-state index contributed by atoms with van der Waals surface area (Å²) in [5, 5.41) is 4.48. The minimum atomic E-state index is -0.170. The summed E-state index contributed by atoms with van der Waals surface area (Å²) in [5.41, 5.74) is 2.26. The molecule has 0 saturated heterocycles. The molecule has 1 aliphatic rings. The Morgan fingerprint density at radius 1 is 1.17 bits per heavy atom. The Hall–Kier alpha value is -2.33. The first-order valence-electron chi connectivity index (χ1n) is 8.46. The predicted octanol–water partition coefficient (Wildman–Crippen LogP) is 4.08. The quantitative estimate of drug-likeness (QED) is 0.643. The second-order valence-corrected chi connectivity index (χ2v) is 6.40. The van der Waals surface area contributed by atoms with Gasteiger partial charge in [-0.15, -0.1) is 0 Å². The summed E-state index contributed by atoms with van der Waals surface area (Å²) in [7, 11) is 0. The number of H-pyrrole nitrogens is 1. The molecule has 0 spiro atoms. The third-order valence-electron chi connectivity index (χ3n) is 4.70. The molecule has 24 heavy (non-hydrogen) atoms. The van der Waals surface area contributed by atoms with Crippen LogP contribution in [-0.2, 0) is 0 Å². The lowest BCUT2D eigenvalue weighted by Crippen LogP contribution is -2.23. The van der Waals surface area contributed by atoms with Gasteiger partial charge in [0.05, 0.1) is 0 Å². The Balaban J connectivity index is 1.24. The number of hydrogen-bond donors (Lipinski definition) is 2. The number of aromatic amines is 1. The molecule has 3 nitrogen and oxygen atoms in total. The monoisotopic (exact) mass is 324 g/mol. The van der Waals surface area contributed by atoms with E-state index in [-0.39, 0.29) is 5.82 Å². The van der Waals surface area contributed by atoms with Crippen LogP contribution in [-0.4, -0.2) is 24.7 Å². The van der Waals surface area contributed by atoms with Crippen molar-refractivity contribution in [3.05, 3.63) is 66.1 Å². The van der Waals surface area contributed by atoms with E-state index in [0.29, 0.717) is 18.4 Å². The summed E-state index contributed by atoms with van der Waals surface area (Å²) in [5.74, 6) is 1.90. The predicted molar refractivity (Wildman–Crippen MR) is 93.9 cm³/mol. The number of ether oxygens (including phenoxy) is 1. The largest absolute Gasteiger partial charge is 0.492 e. The number of halogens is 1.